The normalized spacial score (nSPS) is 19.8. The van der Waals surface area contributed by atoms with Gasteiger partial charge in [0.05, 0.1) is 5.69 Å². The molecule has 0 saturated carbocycles. The highest BCUT2D eigenvalue weighted by Crippen LogP contribution is 2.40. The Morgan fingerprint density at radius 2 is 2.19 bits per heavy atom. The molecule has 0 aromatic heterocycles. The number of hydrogen-bond acceptors (Lipinski definition) is 3. The molecular formula is C13H19NOS. The Morgan fingerprint density at radius 1 is 1.44 bits per heavy atom. The Hall–Kier alpha value is -0.670. The Kier molecular flexibility index (Phi) is 3.45. The number of benzene rings is 1. The van der Waals surface area contributed by atoms with Crippen LogP contribution in [0.1, 0.15) is 17.5 Å². The fourth-order valence-corrected chi connectivity index (χ4v) is 3.68. The van der Waals surface area contributed by atoms with Gasteiger partial charge in [-0.1, -0.05) is 6.07 Å². The molecule has 3 heteroatoms. The number of aryl methyl sites for hydroxylation is 2. The van der Waals surface area contributed by atoms with Gasteiger partial charge in [-0.25, -0.2) is 0 Å². The third kappa shape index (κ3) is 2.06. The number of hydrogen-bond donors (Lipinski definition) is 1. The smallest absolute Gasteiger partial charge is 0.0509 e. The molecule has 1 aromatic carbocycles. The molecule has 0 bridgehead atoms. The Bertz CT molecular complexity index is 392. The minimum absolute atomic E-state index is 0.274. The summed E-state index contributed by atoms with van der Waals surface area (Å²) in [5.74, 6) is 1.08. The lowest BCUT2D eigenvalue weighted by atomic mass is 10.1. The first kappa shape index (κ1) is 11.8. The van der Waals surface area contributed by atoms with E-state index < -0.39 is 0 Å². The molecule has 0 radical (unpaired) electrons. The summed E-state index contributed by atoms with van der Waals surface area (Å²) in [6, 6.07) is 4.95. The molecule has 0 fully saturated rings. The van der Waals surface area contributed by atoms with Gasteiger partial charge in [-0.05, 0) is 37.5 Å². The van der Waals surface area contributed by atoms with E-state index in [1.807, 2.05) is 11.8 Å². The van der Waals surface area contributed by atoms with Crippen molar-refractivity contribution in [3.8, 4) is 0 Å². The number of anilines is 1. The van der Waals surface area contributed by atoms with Gasteiger partial charge in [-0.3, -0.25) is 0 Å². The van der Waals surface area contributed by atoms with Crippen LogP contribution < -0.4 is 4.90 Å². The minimum atomic E-state index is 0.274. The fourth-order valence-electron chi connectivity index (χ4n) is 2.30. The van der Waals surface area contributed by atoms with Crippen molar-refractivity contribution in [2.24, 2.45) is 0 Å². The third-order valence-electron chi connectivity index (χ3n) is 3.21. The topological polar surface area (TPSA) is 23.5 Å². The molecule has 2 nitrogen and oxygen atoms in total. The molecule has 88 valence electrons. The average Bonchev–Trinajstić information content (AvgIpc) is 2.23. The zero-order valence-electron chi connectivity index (χ0n) is 10.2. The Labute approximate surface area is 102 Å². The summed E-state index contributed by atoms with van der Waals surface area (Å²) >= 11 is 1.92. The van der Waals surface area contributed by atoms with Gasteiger partial charge >= 0.3 is 0 Å². The van der Waals surface area contributed by atoms with E-state index in [0.717, 1.165) is 12.2 Å². The molecule has 1 unspecified atom stereocenters. The van der Waals surface area contributed by atoms with Crippen LogP contribution in [-0.2, 0) is 0 Å². The molecule has 1 N–H and O–H groups in total. The highest BCUT2D eigenvalue weighted by molar-refractivity contribution is 7.99. The quantitative estimate of drug-likeness (QED) is 0.855. The van der Waals surface area contributed by atoms with Crippen LogP contribution >= 0.6 is 11.8 Å². The summed E-state index contributed by atoms with van der Waals surface area (Å²) in [5, 5.41) is 9.06. The van der Waals surface area contributed by atoms with Crippen molar-refractivity contribution in [2.45, 2.75) is 31.2 Å². The lowest BCUT2D eigenvalue weighted by molar-refractivity contribution is 0.278. The van der Waals surface area contributed by atoms with E-state index in [2.05, 4.69) is 37.9 Å². The lowest BCUT2D eigenvalue weighted by Gasteiger charge is -2.36. The third-order valence-corrected chi connectivity index (χ3v) is 4.58. The second-order valence-electron chi connectivity index (χ2n) is 4.52. The molecule has 0 amide bonds. The van der Waals surface area contributed by atoms with Gasteiger partial charge in [-0.2, -0.15) is 0 Å². The van der Waals surface area contributed by atoms with Crippen molar-refractivity contribution in [1.82, 2.24) is 0 Å². The van der Waals surface area contributed by atoms with Gasteiger partial charge in [0.15, 0.2) is 0 Å². The first-order valence-corrected chi connectivity index (χ1v) is 6.69. The Morgan fingerprint density at radius 3 is 2.88 bits per heavy atom. The summed E-state index contributed by atoms with van der Waals surface area (Å²) in [7, 11) is 2.14. The van der Waals surface area contributed by atoms with Crippen LogP contribution in [0.4, 0.5) is 5.69 Å². The molecule has 2 rings (SSSR count). The number of aliphatic hydroxyl groups excluding tert-OH is 1. The summed E-state index contributed by atoms with van der Waals surface area (Å²) in [6.45, 7) is 4.59. The number of rotatable bonds is 2. The minimum Gasteiger partial charge on any atom is -0.396 e. The zero-order chi connectivity index (χ0) is 11.7. The fraction of sp³-hybridized carbons (Fsp3) is 0.538. The first-order valence-electron chi connectivity index (χ1n) is 5.71. The van der Waals surface area contributed by atoms with Gasteiger partial charge in [-0.15, -0.1) is 11.8 Å². The second kappa shape index (κ2) is 4.68. The van der Waals surface area contributed by atoms with Crippen LogP contribution in [-0.4, -0.2) is 30.6 Å². The largest absolute Gasteiger partial charge is 0.396 e. The van der Waals surface area contributed by atoms with Crippen molar-refractivity contribution in [3.63, 3.8) is 0 Å². The van der Waals surface area contributed by atoms with E-state index in [0.29, 0.717) is 6.04 Å². The number of nitrogens with zero attached hydrogens (tertiary/aromatic N) is 1. The summed E-state index contributed by atoms with van der Waals surface area (Å²) < 4.78 is 0. The van der Waals surface area contributed by atoms with Crippen molar-refractivity contribution in [2.75, 3.05) is 24.3 Å². The molecule has 1 aromatic rings. The summed E-state index contributed by atoms with van der Waals surface area (Å²) in [4.78, 5) is 3.73. The van der Waals surface area contributed by atoms with Gasteiger partial charge in [0.25, 0.3) is 0 Å². The van der Waals surface area contributed by atoms with Gasteiger partial charge in [0, 0.05) is 30.3 Å². The molecule has 1 heterocycles. The van der Waals surface area contributed by atoms with Crippen molar-refractivity contribution in [1.29, 1.82) is 0 Å². The van der Waals surface area contributed by atoms with Crippen LogP contribution in [0.2, 0.25) is 0 Å². The van der Waals surface area contributed by atoms with Crippen molar-refractivity contribution < 1.29 is 5.11 Å². The van der Waals surface area contributed by atoms with E-state index in [1.54, 1.807) is 0 Å². The average molecular weight is 237 g/mol. The number of thioether (sulfide) groups is 1. The predicted octanol–water partition coefficient (Wildman–Crippen LogP) is 2.60. The summed E-state index contributed by atoms with van der Waals surface area (Å²) in [5.41, 5.74) is 4.01. The standard InChI is InChI=1S/C13H19NOS/c1-9-6-10(2)13-12(7-9)14(3)11(4-5-15)8-16-13/h6-7,11,15H,4-5,8H2,1-3H3. The molecular weight excluding hydrogens is 218 g/mol. The maximum Gasteiger partial charge on any atom is 0.0509 e. The Balaban J connectivity index is 2.36. The van der Waals surface area contributed by atoms with E-state index in [4.69, 9.17) is 5.11 Å². The number of fused-ring (bicyclic) bond motifs is 1. The zero-order valence-corrected chi connectivity index (χ0v) is 11.0. The van der Waals surface area contributed by atoms with Crippen LogP contribution in [0.5, 0.6) is 0 Å². The molecule has 1 aliphatic rings. The first-order chi connectivity index (χ1) is 7.63. The maximum absolute atomic E-state index is 9.06. The van der Waals surface area contributed by atoms with Crippen molar-refractivity contribution >= 4 is 17.4 Å². The van der Waals surface area contributed by atoms with Crippen molar-refractivity contribution in [3.05, 3.63) is 23.3 Å². The maximum atomic E-state index is 9.06. The predicted molar refractivity (Wildman–Crippen MR) is 70.5 cm³/mol. The molecule has 0 spiro atoms. The highest BCUT2D eigenvalue weighted by Gasteiger charge is 2.24. The number of aliphatic hydroxyl groups is 1. The molecule has 1 atom stereocenters. The monoisotopic (exact) mass is 237 g/mol. The SMILES string of the molecule is Cc1cc(C)c2c(c1)N(C)C(CCO)CS2. The van der Waals surface area contributed by atoms with Crippen LogP contribution in [0.3, 0.4) is 0 Å². The molecule has 16 heavy (non-hydrogen) atoms. The van der Waals surface area contributed by atoms with E-state index >= 15 is 0 Å². The molecule has 0 aliphatic carbocycles. The molecule has 0 saturated heterocycles. The van der Waals surface area contributed by atoms with Crippen LogP contribution in [0.15, 0.2) is 17.0 Å². The van der Waals surface area contributed by atoms with E-state index in [-0.39, 0.29) is 6.61 Å². The summed E-state index contributed by atoms with van der Waals surface area (Å²) in [6.07, 6.45) is 0.857. The highest BCUT2D eigenvalue weighted by atomic mass is 32.2. The van der Waals surface area contributed by atoms with E-state index in [9.17, 15) is 0 Å². The van der Waals surface area contributed by atoms with Gasteiger partial charge < -0.3 is 10.0 Å². The van der Waals surface area contributed by atoms with Crippen LogP contribution in [0, 0.1) is 13.8 Å². The molecule has 1 aliphatic heterocycles. The van der Waals surface area contributed by atoms with E-state index in [1.165, 1.54) is 21.7 Å². The second-order valence-corrected chi connectivity index (χ2v) is 5.55. The van der Waals surface area contributed by atoms with Crippen LogP contribution in [0.25, 0.3) is 0 Å². The van der Waals surface area contributed by atoms with Gasteiger partial charge in [0.1, 0.15) is 0 Å². The lowest BCUT2D eigenvalue weighted by Crippen LogP contribution is -2.37. The van der Waals surface area contributed by atoms with Gasteiger partial charge in [0.2, 0.25) is 0 Å².